The maximum Gasteiger partial charge on any atom is 0.338 e. The van der Waals surface area contributed by atoms with Gasteiger partial charge in [0, 0.05) is 33.8 Å². The molecule has 0 saturated carbocycles. The summed E-state index contributed by atoms with van der Waals surface area (Å²) < 4.78 is 6.51. The summed E-state index contributed by atoms with van der Waals surface area (Å²) in [5, 5.41) is 2.63. The fourth-order valence-corrected chi connectivity index (χ4v) is 5.21. The van der Waals surface area contributed by atoms with Gasteiger partial charge in [-0.1, -0.05) is 6.07 Å². The van der Waals surface area contributed by atoms with Crippen LogP contribution in [0.3, 0.4) is 0 Å². The largest absolute Gasteiger partial charge is 0.463 e. The van der Waals surface area contributed by atoms with E-state index >= 15 is 0 Å². The molecule has 1 saturated heterocycles. The van der Waals surface area contributed by atoms with Gasteiger partial charge in [0.2, 0.25) is 5.91 Å². The van der Waals surface area contributed by atoms with Crippen molar-refractivity contribution >= 4 is 51.6 Å². The topological polar surface area (TPSA) is 97.9 Å². The lowest BCUT2D eigenvalue weighted by molar-refractivity contribution is -0.139. The van der Waals surface area contributed by atoms with Gasteiger partial charge in [-0.3, -0.25) is 9.79 Å². The number of carbonyl (C=O) groups excluding carboxylic acids is 2. The van der Waals surface area contributed by atoms with Gasteiger partial charge in [-0.25, -0.2) is 9.78 Å². The minimum Gasteiger partial charge on any atom is -0.463 e. The number of primary amides is 1. The van der Waals surface area contributed by atoms with Crippen molar-refractivity contribution in [2.75, 3.05) is 13.2 Å². The first-order valence-electron chi connectivity index (χ1n) is 9.61. The van der Waals surface area contributed by atoms with Crippen LogP contribution in [0.15, 0.2) is 46.0 Å². The number of nitrogens with two attached hydrogens (primary N) is 1. The zero-order valence-electron chi connectivity index (χ0n) is 16.6. The molecule has 0 radical (unpaired) electrons. The first-order valence-corrected chi connectivity index (χ1v) is 11.6. The highest BCUT2D eigenvalue weighted by molar-refractivity contribution is 14.1. The number of benzene rings is 1. The van der Waals surface area contributed by atoms with Gasteiger partial charge in [0.1, 0.15) is 6.04 Å². The van der Waals surface area contributed by atoms with Crippen molar-refractivity contribution in [1.82, 2.24) is 9.88 Å². The third-order valence-corrected chi connectivity index (χ3v) is 6.75. The maximum atomic E-state index is 13.1. The Morgan fingerprint density at radius 2 is 2.20 bits per heavy atom. The number of hydrogen-bond donors (Lipinski definition) is 1. The molecule has 2 unspecified atom stereocenters. The van der Waals surface area contributed by atoms with Crippen LogP contribution in [-0.2, 0) is 14.3 Å². The number of esters is 1. The van der Waals surface area contributed by atoms with Crippen LogP contribution in [0.1, 0.15) is 35.5 Å². The average Bonchev–Trinajstić information content (AvgIpc) is 3.37. The minimum absolute atomic E-state index is 0.260. The van der Waals surface area contributed by atoms with Gasteiger partial charge in [0.05, 0.1) is 18.1 Å². The van der Waals surface area contributed by atoms with Crippen molar-refractivity contribution < 1.29 is 14.3 Å². The quantitative estimate of drug-likeness (QED) is 0.468. The smallest absolute Gasteiger partial charge is 0.338 e. The molecule has 2 N–H and O–H groups in total. The Balaban J connectivity index is 1.92. The van der Waals surface area contributed by atoms with Gasteiger partial charge in [0.25, 0.3) is 0 Å². The summed E-state index contributed by atoms with van der Waals surface area (Å²) in [6.45, 7) is 4.43. The molecule has 1 aromatic carbocycles. The van der Waals surface area contributed by atoms with E-state index in [2.05, 4.69) is 33.6 Å². The number of thiazole rings is 1. The number of aliphatic imine (C=N–C) groups is 1. The molecule has 2 atom stereocenters. The number of nitrogens with zero attached hydrogens (tertiary/aromatic N) is 3. The summed E-state index contributed by atoms with van der Waals surface area (Å²) in [6, 6.07) is 5.54. The molecule has 1 aromatic heterocycles. The van der Waals surface area contributed by atoms with E-state index in [0.717, 1.165) is 25.4 Å². The SMILES string of the molecule is CCOC(=O)C1=C2CC(C(N)=O)CN2C(c2nccs2)=NC1c1ccc(I)cc1C. The van der Waals surface area contributed by atoms with Crippen molar-refractivity contribution in [3.05, 3.63) is 60.8 Å². The van der Waals surface area contributed by atoms with Crippen molar-refractivity contribution in [2.24, 2.45) is 16.6 Å². The highest BCUT2D eigenvalue weighted by atomic mass is 127. The molecule has 2 aromatic rings. The molecule has 0 aliphatic carbocycles. The fourth-order valence-electron chi connectivity index (χ4n) is 3.93. The number of ether oxygens (including phenoxy) is 1. The monoisotopic (exact) mass is 536 g/mol. The second kappa shape index (κ2) is 8.46. The Morgan fingerprint density at radius 1 is 1.40 bits per heavy atom. The molecule has 1 amide bonds. The fraction of sp³-hybridized carbons (Fsp3) is 0.333. The molecular weight excluding hydrogens is 515 g/mol. The van der Waals surface area contributed by atoms with Crippen LogP contribution in [0, 0.1) is 16.4 Å². The highest BCUT2D eigenvalue weighted by Crippen LogP contribution is 2.43. The molecular formula is C21H21IN4O3S. The van der Waals surface area contributed by atoms with Gasteiger partial charge in [-0.15, -0.1) is 11.3 Å². The lowest BCUT2D eigenvalue weighted by atomic mass is 9.91. The van der Waals surface area contributed by atoms with E-state index in [1.807, 2.05) is 29.3 Å². The normalized spacial score (nSPS) is 20.8. The second-order valence-electron chi connectivity index (χ2n) is 7.19. The number of aryl methyl sites for hydroxylation is 1. The number of amides is 1. The summed E-state index contributed by atoms with van der Waals surface area (Å²) in [7, 11) is 0. The van der Waals surface area contributed by atoms with Crippen molar-refractivity contribution in [2.45, 2.75) is 26.3 Å². The molecule has 0 spiro atoms. The lowest BCUT2D eigenvalue weighted by Gasteiger charge is -2.32. The molecule has 3 heterocycles. The Morgan fingerprint density at radius 3 is 2.83 bits per heavy atom. The summed E-state index contributed by atoms with van der Waals surface area (Å²) >= 11 is 3.74. The van der Waals surface area contributed by atoms with E-state index < -0.39 is 17.9 Å². The van der Waals surface area contributed by atoms with E-state index in [4.69, 9.17) is 15.5 Å². The molecule has 9 heteroatoms. The molecule has 7 nitrogen and oxygen atoms in total. The third-order valence-electron chi connectivity index (χ3n) is 5.31. The number of allylic oxidation sites excluding steroid dienone is 1. The predicted octanol–water partition coefficient (Wildman–Crippen LogP) is 3.18. The van der Waals surface area contributed by atoms with Crippen LogP contribution in [0.2, 0.25) is 0 Å². The number of halogens is 1. The van der Waals surface area contributed by atoms with Gasteiger partial charge in [-0.05, 0) is 59.7 Å². The molecule has 156 valence electrons. The number of fused-ring (bicyclic) bond motifs is 1. The molecule has 0 bridgehead atoms. The van der Waals surface area contributed by atoms with Gasteiger partial charge in [-0.2, -0.15) is 0 Å². The van der Waals surface area contributed by atoms with E-state index in [1.54, 1.807) is 13.1 Å². The van der Waals surface area contributed by atoms with Crippen LogP contribution < -0.4 is 5.73 Å². The summed E-state index contributed by atoms with van der Waals surface area (Å²) in [6.07, 6.45) is 2.10. The maximum absolute atomic E-state index is 13.1. The first kappa shape index (κ1) is 21.0. The third kappa shape index (κ3) is 3.76. The number of hydrogen-bond acceptors (Lipinski definition) is 7. The van der Waals surface area contributed by atoms with Crippen LogP contribution >= 0.6 is 33.9 Å². The van der Waals surface area contributed by atoms with E-state index in [9.17, 15) is 9.59 Å². The standard InChI is InChI=1S/C21H21IN4O3S/c1-3-29-21(28)16-15-9-12(18(23)27)10-26(15)19(20-24-6-7-30-20)25-17(16)14-5-4-13(22)8-11(14)2/h4-8,12,17H,3,9-10H2,1-2H3,(H2,23,27). The van der Waals surface area contributed by atoms with Crippen LogP contribution in [-0.4, -0.2) is 40.7 Å². The molecule has 2 aliphatic heterocycles. The predicted molar refractivity (Wildman–Crippen MR) is 123 cm³/mol. The summed E-state index contributed by atoms with van der Waals surface area (Å²) in [4.78, 5) is 36.4. The number of rotatable bonds is 5. The van der Waals surface area contributed by atoms with Gasteiger partial charge >= 0.3 is 5.97 Å². The van der Waals surface area contributed by atoms with Crippen molar-refractivity contribution in [1.29, 1.82) is 0 Å². The summed E-state index contributed by atoms with van der Waals surface area (Å²) in [5.41, 5.74) is 8.82. The van der Waals surface area contributed by atoms with Crippen molar-refractivity contribution in [3.8, 4) is 0 Å². The molecule has 1 fully saturated rings. The minimum atomic E-state index is -0.530. The summed E-state index contributed by atoms with van der Waals surface area (Å²) in [5.74, 6) is -0.529. The Bertz CT molecular complexity index is 1060. The number of carbonyl (C=O) groups is 2. The Labute approximate surface area is 192 Å². The molecule has 4 rings (SSSR count). The lowest BCUT2D eigenvalue weighted by Crippen LogP contribution is -2.36. The average molecular weight is 536 g/mol. The van der Waals surface area contributed by atoms with Gasteiger partial charge in [0.15, 0.2) is 10.8 Å². The van der Waals surface area contributed by atoms with E-state index in [1.165, 1.54) is 11.3 Å². The van der Waals surface area contributed by atoms with Gasteiger partial charge < -0.3 is 15.4 Å². The van der Waals surface area contributed by atoms with Crippen LogP contribution in [0.25, 0.3) is 0 Å². The molecule has 30 heavy (non-hydrogen) atoms. The van der Waals surface area contributed by atoms with Crippen LogP contribution in [0.4, 0.5) is 0 Å². The number of aromatic nitrogens is 1. The van der Waals surface area contributed by atoms with Crippen molar-refractivity contribution in [3.63, 3.8) is 0 Å². The zero-order valence-corrected chi connectivity index (χ0v) is 19.6. The van der Waals surface area contributed by atoms with E-state index in [-0.39, 0.29) is 12.5 Å². The Kier molecular flexibility index (Phi) is 5.92. The second-order valence-corrected chi connectivity index (χ2v) is 9.33. The Hall–Kier alpha value is -2.27. The number of amidine groups is 1. The highest BCUT2D eigenvalue weighted by Gasteiger charge is 2.43. The zero-order chi connectivity index (χ0) is 21.4. The van der Waals surface area contributed by atoms with Crippen LogP contribution in [0.5, 0.6) is 0 Å². The molecule has 2 aliphatic rings. The first-order chi connectivity index (χ1) is 14.4. The van der Waals surface area contributed by atoms with E-state index in [0.29, 0.717) is 24.4 Å².